The molecule has 0 amide bonds. The van der Waals surface area contributed by atoms with Gasteiger partial charge in [0.25, 0.3) is 0 Å². The smallest absolute Gasteiger partial charge is 0.113 e. The highest BCUT2D eigenvalue weighted by molar-refractivity contribution is 5.38. The Hall–Kier alpha value is -1.61. The molecule has 3 nitrogen and oxygen atoms in total. The van der Waals surface area contributed by atoms with E-state index in [1.54, 1.807) is 0 Å². The summed E-state index contributed by atoms with van der Waals surface area (Å²) in [6, 6.07) is 8.54. The second-order valence-electron chi connectivity index (χ2n) is 4.57. The van der Waals surface area contributed by atoms with Crippen LogP contribution in [-0.2, 0) is 6.42 Å². The molecule has 1 aromatic carbocycles. The Morgan fingerprint density at radius 3 is 2.89 bits per heavy atom. The molecule has 0 radical (unpaired) electrons. The maximum Gasteiger partial charge on any atom is 0.113 e. The van der Waals surface area contributed by atoms with Crippen LogP contribution < -0.4 is 5.73 Å². The number of nitrogens with zero attached hydrogens (tertiary/aromatic N) is 2. The monoisotopic (exact) mass is 243 g/mol. The number of hydrogen-bond acceptors (Lipinski definition) is 2. The van der Waals surface area contributed by atoms with Gasteiger partial charge < -0.3 is 10.3 Å². The highest BCUT2D eigenvalue weighted by Gasteiger charge is 2.07. The summed E-state index contributed by atoms with van der Waals surface area (Å²) in [7, 11) is 0. The molecule has 1 aromatic heterocycles. The molecule has 1 atom stereocenters. The minimum absolute atomic E-state index is 0.114. The topological polar surface area (TPSA) is 43.8 Å². The number of nitrogens with two attached hydrogens (primary N) is 1. The van der Waals surface area contributed by atoms with E-state index in [0.717, 1.165) is 30.8 Å². The quantitative estimate of drug-likeness (QED) is 0.876. The Kier molecular flexibility index (Phi) is 4.15. The van der Waals surface area contributed by atoms with Crippen molar-refractivity contribution in [1.82, 2.24) is 9.55 Å². The van der Waals surface area contributed by atoms with Crippen LogP contribution in [-0.4, -0.2) is 9.55 Å². The van der Waals surface area contributed by atoms with Gasteiger partial charge in [0.05, 0.1) is 0 Å². The van der Waals surface area contributed by atoms with Crippen molar-refractivity contribution >= 4 is 0 Å². The molecule has 0 fully saturated rings. The number of hydrogen-bond donors (Lipinski definition) is 1. The molecule has 2 rings (SSSR count). The summed E-state index contributed by atoms with van der Waals surface area (Å²) in [5.74, 6) is 1.11. The van der Waals surface area contributed by atoms with Crippen molar-refractivity contribution in [3.05, 3.63) is 48.0 Å². The second kappa shape index (κ2) is 5.83. The van der Waals surface area contributed by atoms with Gasteiger partial charge in [-0.1, -0.05) is 26.0 Å². The van der Waals surface area contributed by atoms with Crippen LogP contribution in [0.2, 0.25) is 0 Å². The van der Waals surface area contributed by atoms with E-state index in [0.29, 0.717) is 0 Å². The third-order valence-corrected chi connectivity index (χ3v) is 3.21. The van der Waals surface area contributed by atoms with Gasteiger partial charge in [0.1, 0.15) is 5.82 Å². The van der Waals surface area contributed by atoms with Crippen LogP contribution in [0.5, 0.6) is 0 Å². The van der Waals surface area contributed by atoms with Crippen molar-refractivity contribution in [2.45, 2.75) is 39.2 Å². The van der Waals surface area contributed by atoms with Gasteiger partial charge in [-0.2, -0.15) is 0 Å². The molecular weight excluding hydrogens is 222 g/mol. The Labute approximate surface area is 109 Å². The lowest BCUT2D eigenvalue weighted by Gasteiger charge is -2.12. The Bertz CT molecular complexity index is 502. The molecule has 0 spiro atoms. The Balaban J connectivity index is 2.35. The van der Waals surface area contributed by atoms with Gasteiger partial charge >= 0.3 is 0 Å². The summed E-state index contributed by atoms with van der Waals surface area (Å²) in [6.45, 7) is 4.28. The summed E-state index contributed by atoms with van der Waals surface area (Å²) in [5, 5.41) is 0. The zero-order chi connectivity index (χ0) is 13.0. The van der Waals surface area contributed by atoms with Gasteiger partial charge in [-0.25, -0.2) is 4.98 Å². The van der Waals surface area contributed by atoms with Crippen molar-refractivity contribution < 1.29 is 0 Å². The zero-order valence-electron chi connectivity index (χ0n) is 11.1. The predicted molar refractivity (Wildman–Crippen MR) is 74.8 cm³/mol. The number of aromatic nitrogens is 2. The number of benzene rings is 1. The summed E-state index contributed by atoms with van der Waals surface area (Å²) in [6.07, 6.45) is 6.93. The maximum absolute atomic E-state index is 6.09. The molecule has 0 bridgehead atoms. The van der Waals surface area contributed by atoms with Gasteiger partial charge in [-0.05, 0) is 30.5 Å². The fraction of sp³-hybridized carbons (Fsp3) is 0.400. The van der Waals surface area contributed by atoms with Gasteiger partial charge in [-0.15, -0.1) is 0 Å². The lowest BCUT2D eigenvalue weighted by Crippen LogP contribution is -2.09. The maximum atomic E-state index is 6.09. The van der Waals surface area contributed by atoms with Gasteiger partial charge in [0.15, 0.2) is 0 Å². The molecule has 0 aliphatic rings. The van der Waals surface area contributed by atoms with Crippen molar-refractivity contribution in [2.24, 2.45) is 5.73 Å². The van der Waals surface area contributed by atoms with E-state index in [2.05, 4.69) is 47.7 Å². The average Bonchev–Trinajstić information content (AvgIpc) is 2.87. The SMILES string of the molecule is CCCc1nccn1-c1cccc(C(N)CC)c1. The predicted octanol–water partition coefficient (Wildman–Crippen LogP) is 3.23. The molecule has 2 aromatic rings. The molecule has 0 saturated heterocycles. The average molecular weight is 243 g/mol. The van der Waals surface area contributed by atoms with Crippen LogP contribution in [0.25, 0.3) is 5.69 Å². The minimum Gasteiger partial charge on any atom is -0.324 e. The third kappa shape index (κ3) is 2.62. The Morgan fingerprint density at radius 2 is 2.17 bits per heavy atom. The number of imidazole rings is 1. The highest BCUT2D eigenvalue weighted by atomic mass is 15.1. The van der Waals surface area contributed by atoms with Gasteiger partial charge in [-0.3, -0.25) is 0 Å². The molecule has 3 heteroatoms. The molecule has 2 N–H and O–H groups in total. The lowest BCUT2D eigenvalue weighted by atomic mass is 10.0. The van der Waals surface area contributed by atoms with Crippen molar-refractivity contribution in [1.29, 1.82) is 0 Å². The van der Waals surface area contributed by atoms with E-state index in [4.69, 9.17) is 5.73 Å². The second-order valence-corrected chi connectivity index (χ2v) is 4.57. The van der Waals surface area contributed by atoms with E-state index >= 15 is 0 Å². The number of aryl methyl sites for hydroxylation is 1. The standard InChI is InChI=1S/C15H21N3/c1-3-6-15-17-9-10-18(15)13-8-5-7-12(11-13)14(16)4-2/h5,7-11,14H,3-4,6,16H2,1-2H3. The molecule has 0 aliphatic carbocycles. The van der Waals surface area contributed by atoms with Crippen molar-refractivity contribution in [3.63, 3.8) is 0 Å². The van der Waals surface area contributed by atoms with Crippen molar-refractivity contribution in [2.75, 3.05) is 0 Å². The molecule has 0 saturated carbocycles. The summed E-state index contributed by atoms with van der Waals surface area (Å²) >= 11 is 0. The van der Waals surface area contributed by atoms with Crippen LogP contribution in [0.1, 0.15) is 44.1 Å². The van der Waals surface area contributed by atoms with E-state index in [1.165, 1.54) is 5.56 Å². The molecule has 96 valence electrons. The molecule has 1 heterocycles. The van der Waals surface area contributed by atoms with Crippen LogP contribution >= 0.6 is 0 Å². The normalized spacial score (nSPS) is 12.6. The van der Waals surface area contributed by atoms with Crippen LogP contribution in [0, 0.1) is 0 Å². The van der Waals surface area contributed by atoms with E-state index < -0.39 is 0 Å². The first-order valence-electron chi connectivity index (χ1n) is 6.64. The highest BCUT2D eigenvalue weighted by Crippen LogP contribution is 2.19. The summed E-state index contributed by atoms with van der Waals surface area (Å²) < 4.78 is 2.15. The molecule has 18 heavy (non-hydrogen) atoms. The largest absolute Gasteiger partial charge is 0.324 e. The Morgan fingerprint density at radius 1 is 1.33 bits per heavy atom. The van der Waals surface area contributed by atoms with Gasteiger partial charge in [0, 0.05) is 30.5 Å². The van der Waals surface area contributed by atoms with Crippen LogP contribution in [0.3, 0.4) is 0 Å². The fourth-order valence-electron chi connectivity index (χ4n) is 2.12. The third-order valence-electron chi connectivity index (χ3n) is 3.21. The number of rotatable bonds is 5. The summed E-state index contributed by atoms with van der Waals surface area (Å²) in [5.41, 5.74) is 8.42. The minimum atomic E-state index is 0.114. The molecule has 0 aliphatic heterocycles. The first kappa shape index (κ1) is 12.8. The van der Waals surface area contributed by atoms with Crippen molar-refractivity contribution in [3.8, 4) is 5.69 Å². The first-order chi connectivity index (χ1) is 8.76. The van der Waals surface area contributed by atoms with E-state index in [1.807, 2.05) is 12.4 Å². The fourth-order valence-corrected chi connectivity index (χ4v) is 2.12. The van der Waals surface area contributed by atoms with Crippen LogP contribution in [0.15, 0.2) is 36.7 Å². The van der Waals surface area contributed by atoms with E-state index in [-0.39, 0.29) is 6.04 Å². The molecular formula is C15H21N3. The summed E-state index contributed by atoms with van der Waals surface area (Å²) in [4.78, 5) is 4.41. The van der Waals surface area contributed by atoms with Gasteiger partial charge in [0.2, 0.25) is 0 Å². The van der Waals surface area contributed by atoms with Crippen LogP contribution in [0.4, 0.5) is 0 Å². The van der Waals surface area contributed by atoms with E-state index in [9.17, 15) is 0 Å². The first-order valence-corrected chi connectivity index (χ1v) is 6.64. The lowest BCUT2D eigenvalue weighted by molar-refractivity contribution is 0.697. The zero-order valence-corrected chi connectivity index (χ0v) is 11.1. The molecule has 1 unspecified atom stereocenters.